The summed E-state index contributed by atoms with van der Waals surface area (Å²) >= 11 is 0. The number of amides is 1. The van der Waals surface area contributed by atoms with Gasteiger partial charge in [-0.25, -0.2) is 0 Å². The van der Waals surface area contributed by atoms with E-state index in [2.05, 4.69) is 36.5 Å². The van der Waals surface area contributed by atoms with Crippen molar-refractivity contribution in [2.45, 2.75) is 18.9 Å². The van der Waals surface area contributed by atoms with Crippen LogP contribution in [0, 0.1) is 0 Å². The Hall–Kier alpha value is -2.85. The molecule has 0 saturated carbocycles. The minimum absolute atomic E-state index is 0.0245. The summed E-state index contributed by atoms with van der Waals surface area (Å²) in [5, 5.41) is 5.04. The van der Waals surface area contributed by atoms with Crippen LogP contribution in [0.15, 0.2) is 83.5 Å². The van der Waals surface area contributed by atoms with E-state index in [0.717, 1.165) is 11.3 Å². The monoisotopic (exact) mass is 349 g/mol. The summed E-state index contributed by atoms with van der Waals surface area (Å²) in [5.41, 5.74) is 2.35. The number of carbonyl (C=O) groups excluding carboxylic acids is 1. The molecule has 1 amide bonds. The molecule has 4 heteroatoms. The van der Waals surface area contributed by atoms with Gasteiger partial charge in [0.1, 0.15) is 0 Å². The first-order chi connectivity index (χ1) is 12.7. The Bertz CT molecular complexity index is 786. The fraction of sp³-hybridized carbons (Fsp3) is 0.227. The Morgan fingerprint density at radius 3 is 2.23 bits per heavy atom. The van der Waals surface area contributed by atoms with Crippen LogP contribution in [0.4, 0.5) is 0 Å². The van der Waals surface area contributed by atoms with E-state index in [0.29, 0.717) is 13.1 Å². The molecule has 3 N–H and O–H groups in total. The number of nitrogens with two attached hydrogens (primary N) is 1. The zero-order chi connectivity index (χ0) is 18.2. The molecule has 0 fully saturated rings. The average Bonchev–Trinajstić information content (AvgIpc) is 3.22. The van der Waals surface area contributed by atoms with Gasteiger partial charge in [0.25, 0.3) is 5.91 Å². The first-order valence-electron chi connectivity index (χ1n) is 8.97. The summed E-state index contributed by atoms with van der Waals surface area (Å²) in [6, 6.07) is 24.1. The highest BCUT2D eigenvalue weighted by molar-refractivity contribution is 5.76. The predicted octanol–water partition coefficient (Wildman–Crippen LogP) is 2.85. The van der Waals surface area contributed by atoms with Gasteiger partial charge in [-0.2, -0.15) is 0 Å². The van der Waals surface area contributed by atoms with Crippen molar-refractivity contribution in [3.05, 3.63) is 95.9 Å². The van der Waals surface area contributed by atoms with E-state index in [4.69, 9.17) is 4.42 Å². The SMILES string of the molecule is C[C@H](CNC(=O)C[NH2+][C@H](c1ccccc1)c1ccco1)c1ccccc1. The lowest BCUT2D eigenvalue weighted by atomic mass is 10.0. The van der Waals surface area contributed by atoms with Gasteiger partial charge in [0.15, 0.2) is 18.3 Å². The van der Waals surface area contributed by atoms with Crippen LogP contribution in [-0.2, 0) is 4.79 Å². The van der Waals surface area contributed by atoms with Crippen LogP contribution in [0.2, 0.25) is 0 Å². The van der Waals surface area contributed by atoms with Crippen LogP contribution in [0.5, 0.6) is 0 Å². The number of furan rings is 1. The van der Waals surface area contributed by atoms with E-state index >= 15 is 0 Å². The molecule has 1 aromatic heterocycles. The van der Waals surface area contributed by atoms with Gasteiger partial charge in [-0.15, -0.1) is 0 Å². The Kier molecular flexibility index (Phi) is 6.23. The smallest absolute Gasteiger partial charge is 0.275 e. The van der Waals surface area contributed by atoms with Crippen molar-refractivity contribution >= 4 is 5.91 Å². The van der Waals surface area contributed by atoms with Crippen LogP contribution in [0.3, 0.4) is 0 Å². The Morgan fingerprint density at radius 1 is 0.962 bits per heavy atom. The van der Waals surface area contributed by atoms with Crippen LogP contribution < -0.4 is 10.6 Å². The molecule has 0 saturated heterocycles. The third-order valence-electron chi connectivity index (χ3n) is 4.52. The second-order valence-corrected chi connectivity index (χ2v) is 6.46. The summed E-state index contributed by atoms with van der Waals surface area (Å²) in [4.78, 5) is 12.3. The standard InChI is InChI=1S/C22H24N2O2/c1-17(18-9-4-2-5-10-18)15-23-21(25)16-24-22(20-13-8-14-26-20)19-11-6-3-7-12-19/h2-14,17,22,24H,15-16H2,1H3,(H,23,25)/p+1/t17-,22-/m1/s1. The van der Waals surface area contributed by atoms with Crippen molar-refractivity contribution in [1.82, 2.24) is 5.32 Å². The normalized spacial score (nSPS) is 13.1. The largest absolute Gasteiger partial charge is 0.463 e. The highest BCUT2D eigenvalue weighted by Crippen LogP contribution is 2.18. The highest BCUT2D eigenvalue weighted by Gasteiger charge is 2.21. The maximum absolute atomic E-state index is 12.3. The van der Waals surface area contributed by atoms with Crippen LogP contribution in [0.1, 0.15) is 35.8 Å². The zero-order valence-corrected chi connectivity index (χ0v) is 15.0. The molecule has 26 heavy (non-hydrogen) atoms. The third kappa shape index (κ3) is 4.83. The van der Waals surface area contributed by atoms with E-state index in [9.17, 15) is 4.79 Å². The van der Waals surface area contributed by atoms with Crippen molar-refractivity contribution in [1.29, 1.82) is 0 Å². The Balaban J connectivity index is 1.55. The molecule has 2 atom stereocenters. The van der Waals surface area contributed by atoms with Crippen molar-refractivity contribution in [3.8, 4) is 0 Å². The quantitative estimate of drug-likeness (QED) is 0.657. The lowest BCUT2D eigenvalue weighted by molar-refractivity contribution is -0.678. The lowest BCUT2D eigenvalue weighted by Crippen LogP contribution is -2.87. The molecule has 0 bridgehead atoms. The number of rotatable bonds is 8. The van der Waals surface area contributed by atoms with Gasteiger partial charge < -0.3 is 15.1 Å². The zero-order valence-electron chi connectivity index (χ0n) is 15.0. The van der Waals surface area contributed by atoms with Crippen LogP contribution in [-0.4, -0.2) is 19.0 Å². The maximum Gasteiger partial charge on any atom is 0.275 e. The van der Waals surface area contributed by atoms with Crippen molar-refractivity contribution in [3.63, 3.8) is 0 Å². The average molecular weight is 349 g/mol. The Labute approximate surface area is 154 Å². The van der Waals surface area contributed by atoms with Gasteiger partial charge in [-0.05, 0) is 23.6 Å². The molecule has 1 heterocycles. The number of carbonyl (C=O) groups is 1. The second-order valence-electron chi connectivity index (χ2n) is 6.46. The van der Waals surface area contributed by atoms with Crippen LogP contribution >= 0.6 is 0 Å². The van der Waals surface area contributed by atoms with Crippen LogP contribution in [0.25, 0.3) is 0 Å². The maximum atomic E-state index is 12.3. The van der Waals surface area contributed by atoms with E-state index in [1.165, 1.54) is 5.56 Å². The van der Waals surface area contributed by atoms with E-state index < -0.39 is 0 Å². The molecule has 3 aromatic rings. The molecule has 0 aliphatic rings. The summed E-state index contributed by atoms with van der Waals surface area (Å²) in [7, 11) is 0. The summed E-state index contributed by atoms with van der Waals surface area (Å²) in [5.74, 6) is 1.16. The molecule has 3 rings (SSSR count). The van der Waals surface area contributed by atoms with E-state index in [-0.39, 0.29) is 17.9 Å². The molecular weight excluding hydrogens is 324 g/mol. The topological polar surface area (TPSA) is 58.9 Å². The molecule has 0 radical (unpaired) electrons. The molecule has 2 aromatic carbocycles. The number of hydrogen-bond donors (Lipinski definition) is 2. The Morgan fingerprint density at radius 2 is 1.62 bits per heavy atom. The first kappa shape index (κ1) is 18.0. The van der Waals surface area contributed by atoms with Gasteiger partial charge in [-0.1, -0.05) is 67.6 Å². The summed E-state index contributed by atoms with van der Waals surface area (Å²) in [6.07, 6.45) is 1.67. The lowest BCUT2D eigenvalue weighted by Gasteiger charge is -2.15. The minimum atomic E-state index is -0.0245. The fourth-order valence-corrected chi connectivity index (χ4v) is 3.01. The number of hydrogen-bond acceptors (Lipinski definition) is 2. The van der Waals surface area contributed by atoms with Gasteiger partial charge in [0.2, 0.25) is 0 Å². The molecule has 0 aliphatic heterocycles. The molecular formula is C22H25N2O2+. The third-order valence-corrected chi connectivity index (χ3v) is 4.52. The van der Waals surface area contributed by atoms with Gasteiger partial charge in [0, 0.05) is 12.1 Å². The minimum Gasteiger partial charge on any atom is -0.463 e. The molecule has 0 spiro atoms. The molecule has 4 nitrogen and oxygen atoms in total. The van der Waals surface area contributed by atoms with Gasteiger partial charge in [-0.3, -0.25) is 4.79 Å². The molecule has 0 unspecified atom stereocenters. The van der Waals surface area contributed by atoms with Gasteiger partial charge in [0.05, 0.1) is 6.26 Å². The molecule has 134 valence electrons. The van der Waals surface area contributed by atoms with Gasteiger partial charge >= 0.3 is 0 Å². The first-order valence-corrected chi connectivity index (χ1v) is 8.97. The van der Waals surface area contributed by atoms with Crippen molar-refractivity contribution in [2.75, 3.05) is 13.1 Å². The van der Waals surface area contributed by atoms with Crippen molar-refractivity contribution in [2.24, 2.45) is 0 Å². The summed E-state index contributed by atoms with van der Waals surface area (Å²) in [6.45, 7) is 3.10. The number of quaternary nitrogens is 1. The number of benzene rings is 2. The van der Waals surface area contributed by atoms with Crippen molar-refractivity contribution < 1.29 is 14.5 Å². The second kappa shape index (κ2) is 9.02. The number of nitrogens with one attached hydrogen (secondary N) is 1. The summed E-state index contributed by atoms with van der Waals surface area (Å²) < 4.78 is 5.58. The fourth-order valence-electron chi connectivity index (χ4n) is 3.01. The highest BCUT2D eigenvalue weighted by atomic mass is 16.3. The van der Waals surface area contributed by atoms with E-state index in [1.807, 2.05) is 53.8 Å². The predicted molar refractivity (Wildman–Crippen MR) is 102 cm³/mol. The van der Waals surface area contributed by atoms with E-state index in [1.54, 1.807) is 6.26 Å². The molecule has 0 aliphatic carbocycles.